The fraction of sp³-hybridized carbons (Fsp3) is 0.263. The third kappa shape index (κ3) is 4.10. The highest BCUT2D eigenvalue weighted by molar-refractivity contribution is 7.89. The summed E-state index contributed by atoms with van der Waals surface area (Å²) in [5.74, 6) is -1.05. The fourth-order valence-electron chi connectivity index (χ4n) is 3.37. The third-order valence-corrected chi connectivity index (χ3v) is 7.98. The van der Waals surface area contributed by atoms with E-state index in [2.05, 4.69) is 4.98 Å². The van der Waals surface area contributed by atoms with E-state index in [0.717, 1.165) is 22.5 Å². The van der Waals surface area contributed by atoms with Crippen LogP contribution >= 0.6 is 11.3 Å². The zero-order chi connectivity index (χ0) is 22.4. The molecular formula is C19H16F3N3O4S2. The van der Waals surface area contributed by atoms with Crippen molar-refractivity contribution in [2.24, 2.45) is 0 Å². The highest BCUT2D eigenvalue weighted by Crippen LogP contribution is 2.36. The zero-order valence-electron chi connectivity index (χ0n) is 15.8. The minimum absolute atomic E-state index is 0.00479. The molecule has 2 heterocycles. The van der Waals surface area contributed by atoms with E-state index in [-0.39, 0.29) is 31.7 Å². The Balaban J connectivity index is 1.54. The van der Waals surface area contributed by atoms with Crippen LogP contribution in [0.2, 0.25) is 0 Å². The van der Waals surface area contributed by atoms with E-state index in [0.29, 0.717) is 15.3 Å². The van der Waals surface area contributed by atoms with E-state index in [4.69, 9.17) is 5.11 Å². The molecule has 0 saturated carbocycles. The van der Waals surface area contributed by atoms with Gasteiger partial charge in [0.2, 0.25) is 10.0 Å². The number of rotatable bonds is 4. The highest BCUT2D eigenvalue weighted by atomic mass is 32.2. The lowest BCUT2D eigenvalue weighted by Crippen LogP contribution is -2.48. The lowest BCUT2D eigenvalue weighted by atomic mass is 10.2. The van der Waals surface area contributed by atoms with E-state index < -0.39 is 32.6 Å². The topological polar surface area (TPSA) is 90.8 Å². The number of fused-ring (bicyclic) bond motifs is 1. The van der Waals surface area contributed by atoms with E-state index in [1.165, 1.54) is 29.5 Å². The van der Waals surface area contributed by atoms with Crippen LogP contribution in [0.3, 0.4) is 0 Å². The number of halogens is 3. The molecule has 12 heteroatoms. The number of benzene rings is 2. The van der Waals surface area contributed by atoms with Gasteiger partial charge in [-0.2, -0.15) is 17.5 Å². The summed E-state index contributed by atoms with van der Waals surface area (Å²) in [5.41, 5.74) is -0.418. The maximum Gasteiger partial charge on any atom is 0.417 e. The summed E-state index contributed by atoms with van der Waals surface area (Å²) in [4.78, 5) is 16.7. The molecule has 31 heavy (non-hydrogen) atoms. The Labute approximate surface area is 179 Å². The van der Waals surface area contributed by atoms with Crippen LogP contribution in [-0.4, -0.2) is 55.0 Å². The first-order valence-corrected chi connectivity index (χ1v) is 11.4. The minimum Gasteiger partial charge on any atom is -0.478 e. The zero-order valence-corrected chi connectivity index (χ0v) is 17.5. The molecule has 1 aliphatic heterocycles. The number of thiazole rings is 1. The van der Waals surface area contributed by atoms with Crippen molar-refractivity contribution < 1.29 is 31.5 Å². The number of carboxylic acids is 1. The summed E-state index contributed by atoms with van der Waals surface area (Å²) in [6, 6.07) is 8.74. The normalized spacial score (nSPS) is 16.0. The summed E-state index contributed by atoms with van der Waals surface area (Å²) in [6.07, 6.45) is -4.78. The van der Waals surface area contributed by atoms with Crippen molar-refractivity contribution in [1.82, 2.24) is 9.29 Å². The lowest BCUT2D eigenvalue weighted by molar-refractivity contribution is -0.139. The van der Waals surface area contributed by atoms with Gasteiger partial charge in [-0.25, -0.2) is 18.2 Å². The van der Waals surface area contributed by atoms with Gasteiger partial charge in [0, 0.05) is 26.2 Å². The molecule has 2 aromatic carbocycles. The van der Waals surface area contributed by atoms with Gasteiger partial charge >= 0.3 is 12.1 Å². The molecule has 0 unspecified atom stereocenters. The number of anilines is 1. The van der Waals surface area contributed by atoms with Crippen molar-refractivity contribution in [2.45, 2.75) is 11.1 Å². The largest absolute Gasteiger partial charge is 0.478 e. The van der Waals surface area contributed by atoms with Crippen molar-refractivity contribution in [3.8, 4) is 0 Å². The van der Waals surface area contributed by atoms with Gasteiger partial charge in [-0.05, 0) is 30.3 Å². The number of carbonyl (C=O) groups is 1. The Bertz CT molecular complexity index is 1250. The summed E-state index contributed by atoms with van der Waals surface area (Å²) in [6.45, 7) is 0.508. The molecule has 0 amide bonds. The molecule has 0 atom stereocenters. The van der Waals surface area contributed by atoms with Crippen LogP contribution in [0.25, 0.3) is 10.2 Å². The molecule has 1 saturated heterocycles. The van der Waals surface area contributed by atoms with Crippen LogP contribution in [0.5, 0.6) is 0 Å². The van der Waals surface area contributed by atoms with Gasteiger partial charge in [-0.1, -0.05) is 23.5 Å². The number of aromatic carboxylic acids is 1. The summed E-state index contributed by atoms with van der Waals surface area (Å²) in [5, 5.41) is 9.71. The third-order valence-electron chi connectivity index (χ3n) is 4.94. The molecule has 1 fully saturated rings. The first-order valence-electron chi connectivity index (χ1n) is 9.12. The van der Waals surface area contributed by atoms with Crippen molar-refractivity contribution in [3.05, 3.63) is 53.6 Å². The maximum atomic E-state index is 13.3. The van der Waals surface area contributed by atoms with Crippen LogP contribution in [0.15, 0.2) is 47.4 Å². The van der Waals surface area contributed by atoms with Gasteiger partial charge in [0.05, 0.1) is 26.2 Å². The van der Waals surface area contributed by atoms with Crippen LogP contribution in [0.1, 0.15) is 15.9 Å². The number of hydrogen-bond donors (Lipinski definition) is 1. The quantitative estimate of drug-likeness (QED) is 0.626. The van der Waals surface area contributed by atoms with Crippen LogP contribution < -0.4 is 4.90 Å². The molecule has 164 valence electrons. The number of hydrogen-bond acceptors (Lipinski definition) is 6. The number of aromatic nitrogens is 1. The molecule has 7 nitrogen and oxygen atoms in total. The number of nitrogens with zero attached hydrogens (tertiary/aromatic N) is 3. The van der Waals surface area contributed by atoms with Gasteiger partial charge in [-0.15, -0.1) is 0 Å². The molecule has 0 bridgehead atoms. The molecule has 0 radical (unpaired) electrons. The number of alkyl halides is 3. The molecular weight excluding hydrogens is 455 g/mol. The summed E-state index contributed by atoms with van der Waals surface area (Å²) >= 11 is 1.28. The molecule has 0 aliphatic carbocycles. The molecule has 1 aliphatic rings. The van der Waals surface area contributed by atoms with Crippen molar-refractivity contribution in [3.63, 3.8) is 0 Å². The van der Waals surface area contributed by atoms with Crippen molar-refractivity contribution >= 4 is 42.7 Å². The van der Waals surface area contributed by atoms with Crippen molar-refractivity contribution in [2.75, 3.05) is 31.1 Å². The predicted molar refractivity (Wildman–Crippen MR) is 109 cm³/mol. The van der Waals surface area contributed by atoms with E-state index in [1.54, 1.807) is 6.07 Å². The Kier molecular flexibility index (Phi) is 5.40. The Morgan fingerprint density at radius 3 is 2.39 bits per heavy atom. The molecule has 4 rings (SSSR count). The molecule has 1 aromatic heterocycles. The second-order valence-corrected chi connectivity index (χ2v) is 9.78. The first kappa shape index (κ1) is 21.5. The summed E-state index contributed by atoms with van der Waals surface area (Å²) in [7, 11) is -4.32. The lowest BCUT2D eigenvalue weighted by Gasteiger charge is -2.34. The Hall–Kier alpha value is -2.70. The monoisotopic (exact) mass is 471 g/mol. The molecule has 1 N–H and O–H groups in total. The maximum absolute atomic E-state index is 13.3. The van der Waals surface area contributed by atoms with E-state index in [9.17, 15) is 26.4 Å². The highest BCUT2D eigenvalue weighted by Gasteiger charge is 2.39. The molecule has 0 spiro atoms. The SMILES string of the molecule is O=C(O)c1ccc2nc(N3CCN(S(=O)(=O)c4ccccc4C(F)(F)F)CC3)sc2c1. The number of piperazine rings is 1. The average Bonchev–Trinajstić information content (AvgIpc) is 3.16. The van der Waals surface area contributed by atoms with E-state index >= 15 is 0 Å². The number of sulfonamides is 1. The standard InChI is InChI=1S/C19H16F3N3O4S2/c20-19(21,22)13-3-1-2-4-16(13)31(28,29)25-9-7-24(8-10-25)18-23-14-6-5-12(17(26)27)11-15(14)30-18/h1-6,11H,7-10H2,(H,26,27). The summed E-state index contributed by atoms with van der Waals surface area (Å²) < 4.78 is 67.3. The van der Waals surface area contributed by atoms with Gasteiger partial charge in [0.25, 0.3) is 0 Å². The average molecular weight is 471 g/mol. The van der Waals surface area contributed by atoms with Gasteiger partial charge < -0.3 is 10.0 Å². The predicted octanol–water partition coefficient (Wildman–Crippen LogP) is 3.52. The van der Waals surface area contributed by atoms with Crippen LogP contribution in [0.4, 0.5) is 18.3 Å². The first-order chi connectivity index (χ1) is 14.6. The molecule has 3 aromatic rings. The van der Waals surface area contributed by atoms with E-state index in [1.807, 2.05) is 4.90 Å². The Morgan fingerprint density at radius 1 is 1.06 bits per heavy atom. The van der Waals surface area contributed by atoms with Crippen LogP contribution in [-0.2, 0) is 16.2 Å². The van der Waals surface area contributed by atoms with Gasteiger partial charge in [0.1, 0.15) is 0 Å². The number of carboxylic acid groups (broad SMARTS) is 1. The van der Waals surface area contributed by atoms with Gasteiger partial charge in [-0.3, -0.25) is 0 Å². The Morgan fingerprint density at radius 2 is 1.74 bits per heavy atom. The second kappa shape index (κ2) is 7.77. The smallest absolute Gasteiger partial charge is 0.417 e. The van der Waals surface area contributed by atoms with Gasteiger partial charge in [0.15, 0.2) is 5.13 Å². The fourth-order valence-corrected chi connectivity index (χ4v) is 6.06. The van der Waals surface area contributed by atoms with Crippen LogP contribution in [0, 0.1) is 0 Å². The minimum atomic E-state index is -4.78. The van der Waals surface area contributed by atoms with Crippen molar-refractivity contribution in [1.29, 1.82) is 0 Å². The second-order valence-electron chi connectivity index (χ2n) is 6.87.